The molecular formula is C20H17N3O4. The normalized spacial score (nSPS) is 11.0. The van der Waals surface area contributed by atoms with Gasteiger partial charge >= 0.3 is 0 Å². The molecule has 2 aromatic heterocycles. The van der Waals surface area contributed by atoms with Crippen LogP contribution in [0.25, 0.3) is 22.1 Å². The minimum absolute atomic E-state index is 0.130. The Kier molecular flexibility index (Phi) is 4.33. The number of methoxy groups -OCH3 is 1. The molecule has 4 aromatic rings. The monoisotopic (exact) mass is 363 g/mol. The summed E-state index contributed by atoms with van der Waals surface area (Å²) in [5, 5.41) is 3.57. The number of benzene rings is 2. The molecule has 0 aliphatic rings. The number of carbonyl (C=O) groups excluding carboxylic acids is 1. The van der Waals surface area contributed by atoms with E-state index in [0.717, 1.165) is 16.7 Å². The molecule has 1 amide bonds. The number of rotatable bonds is 5. The molecule has 136 valence electrons. The Morgan fingerprint density at radius 1 is 1.19 bits per heavy atom. The highest BCUT2D eigenvalue weighted by Crippen LogP contribution is 2.23. The zero-order valence-corrected chi connectivity index (χ0v) is 14.6. The first-order valence-corrected chi connectivity index (χ1v) is 8.42. The maximum absolute atomic E-state index is 12.6. The van der Waals surface area contributed by atoms with Crippen LogP contribution in [0.5, 0.6) is 5.75 Å². The Bertz CT molecular complexity index is 1180. The van der Waals surface area contributed by atoms with E-state index in [2.05, 4.69) is 10.3 Å². The molecule has 0 bridgehead atoms. The van der Waals surface area contributed by atoms with Crippen molar-refractivity contribution in [3.05, 3.63) is 70.8 Å². The maximum Gasteiger partial charge on any atom is 0.297 e. The first kappa shape index (κ1) is 16.8. The number of nitrogens with zero attached hydrogens (tertiary/aromatic N) is 2. The van der Waals surface area contributed by atoms with Crippen molar-refractivity contribution in [2.24, 2.45) is 0 Å². The number of ether oxygens (including phenoxy) is 1. The van der Waals surface area contributed by atoms with E-state index in [0.29, 0.717) is 17.6 Å². The Morgan fingerprint density at radius 2 is 1.96 bits per heavy atom. The lowest BCUT2D eigenvalue weighted by Gasteiger charge is -2.07. The molecule has 0 atom stereocenters. The fourth-order valence-electron chi connectivity index (χ4n) is 2.88. The summed E-state index contributed by atoms with van der Waals surface area (Å²) in [5.74, 6) is 0.465. The van der Waals surface area contributed by atoms with E-state index in [1.54, 1.807) is 13.2 Å². The first-order chi connectivity index (χ1) is 13.2. The third-order valence-corrected chi connectivity index (χ3v) is 4.31. The molecule has 2 heterocycles. The van der Waals surface area contributed by atoms with Gasteiger partial charge in [0.1, 0.15) is 23.4 Å². The third kappa shape index (κ3) is 3.27. The molecule has 0 unspecified atom stereocenters. The van der Waals surface area contributed by atoms with Crippen LogP contribution in [0.3, 0.4) is 0 Å². The van der Waals surface area contributed by atoms with Gasteiger partial charge in [-0.05, 0) is 29.8 Å². The van der Waals surface area contributed by atoms with Gasteiger partial charge in [0.15, 0.2) is 0 Å². The maximum atomic E-state index is 12.6. The zero-order valence-electron chi connectivity index (χ0n) is 14.6. The highest BCUT2D eigenvalue weighted by molar-refractivity contribution is 6.01. The standard InChI is InChI=1S/C20H17N3O4/c1-26-14-8-6-13(7-9-14)10-21-17(24)11-23-12-22-18-15-4-2-3-5-16(15)27-19(18)20(23)25/h2-9,12H,10-11H2,1H3,(H,21,24). The van der Waals surface area contributed by atoms with Crippen molar-refractivity contribution in [1.29, 1.82) is 0 Å². The SMILES string of the molecule is COc1ccc(CNC(=O)Cn2cnc3c(oc4ccccc43)c2=O)cc1. The second-order valence-electron chi connectivity index (χ2n) is 6.08. The molecule has 7 heteroatoms. The summed E-state index contributed by atoms with van der Waals surface area (Å²) in [6.45, 7) is 0.229. The summed E-state index contributed by atoms with van der Waals surface area (Å²) in [6.07, 6.45) is 1.37. The van der Waals surface area contributed by atoms with E-state index in [-0.39, 0.29) is 23.6 Å². The van der Waals surface area contributed by atoms with Crippen LogP contribution in [0, 0.1) is 0 Å². The lowest BCUT2D eigenvalue weighted by atomic mass is 10.2. The van der Waals surface area contributed by atoms with Gasteiger partial charge in [0.25, 0.3) is 5.56 Å². The van der Waals surface area contributed by atoms with Crippen molar-refractivity contribution < 1.29 is 13.9 Å². The molecule has 0 fully saturated rings. The second-order valence-corrected chi connectivity index (χ2v) is 6.08. The van der Waals surface area contributed by atoms with E-state index in [4.69, 9.17) is 9.15 Å². The minimum atomic E-state index is -0.379. The Balaban J connectivity index is 1.50. The van der Waals surface area contributed by atoms with E-state index < -0.39 is 0 Å². The number of nitrogens with one attached hydrogen (secondary N) is 1. The number of para-hydroxylation sites is 1. The van der Waals surface area contributed by atoms with Gasteiger partial charge in [0.05, 0.1) is 13.4 Å². The van der Waals surface area contributed by atoms with Gasteiger partial charge in [-0.2, -0.15) is 0 Å². The average molecular weight is 363 g/mol. The molecule has 2 aromatic carbocycles. The topological polar surface area (TPSA) is 86.4 Å². The van der Waals surface area contributed by atoms with Crippen LogP contribution in [0.1, 0.15) is 5.56 Å². The van der Waals surface area contributed by atoms with Crippen LogP contribution >= 0.6 is 0 Å². The van der Waals surface area contributed by atoms with Gasteiger partial charge in [-0.25, -0.2) is 4.98 Å². The van der Waals surface area contributed by atoms with E-state index in [9.17, 15) is 9.59 Å². The van der Waals surface area contributed by atoms with Gasteiger partial charge in [-0.1, -0.05) is 24.3 Å². The number of fused-ring (bicyclic) bond motifs is 3. The predicted octanol–water partition coefficient (Wildman–Crippen LogP) is 2.47. The summed E-state index contributed by atoms with van der Waals surface area (Å²) in [4.78, 5) is 29.1. The van der Waals surface area contributed by atoms with Crippen LogP contribution in [0.2, 0.25) is 0 Å². The summed E-state index contributed by atoms with van der Waals surface area (Å²) in [5.41, 5.74) is 1.81. The molecule has 0 aliphatic heterocycles. The fraction of sp³-hybridized carbons (Fsp3) is 0.150. The van der Waals surface area contributed by atoms with Crippen LogP contribution in [0.4, 0.5) is 0 Å². The quantitative estimate of drug-likeness (QED) is 0.589. The summed E-state index contributed by atoms with van der Waals surface area (Å²) in [7, 11) is 1.60. The van der Waals surface area contributed by atoms with Crippen molar-refractivity contribution >= 4 is 28.0 Å². The lowest BCUT2D eigenvalue weighted by molar-refractivity contribution is -0.121. The average Bonchev–Trinajstić information content (AvgIpc) is 3.08. The van der Waals surface area contributed by atoms with Crippen molar-refractivity contribution in [3.63, 3.8) is 0 Å². The molecular weight excluding hydrogens is 346 g/mol. The molecule has 0 saturated carbocycles. The Morgan fingerprint density at radius 3 is 2.74 bits per heavy atom. The molecule has 0 saturated heterocycles. The fourth-order valence-corrected chi connectivity index (χ4v) is 2.88. The van der Waals surface area contributed by atoms with E-state index >= 15 is 0 Å². The van der Waals surface area contributed by atoms with Gasteiger partial charge in [-0.3, -0.25) is 14.2 Å². The number of hydrogen-bond acceptors (Lipinski definition) is 5. The predicted molar refractivity (Wildman–Crippen MR) is 101 cm³/mol. The number of amides is 1. The van der Waals surface area contributed by atoms with Gasteiger partial charge in [-0.15, -0.1) is 0 Å². The van der Waals surface area contributed by atoms with Gasteiger partial charge in [0.2, 0.25) is 11.5 Å². The van der Waals surface area contributed by atoms with Crippen LogP contribution in [0.15, 0.2) is 64.1 Å². The van der Waals surface area contributed by atoms with Gasteiger partial charge < -0.3 is 14.5 Å². The van der Waals surface area contributed by atoms with Gasteiger partial charge in [0, 0.05) is 11.9 Å². The Labute approximate surface area is 154 Å². The highest BCUT2D eigenvalue weighted by atomic mass is 16.5. The summed E-state index contributed by atoms with van der Waals surface area (Å²) >= 11 is 0. The van der Waals surface area contributed by atoms with Crippen molar-refractivity contribution in [2.75, 3.05) is 7.11 Å². The summed E-state index contributed by atoms with van der Waals surface area (Å²) < 4.78 is 12.0. The molecule has 7 nitrogen and oxygen atoms in total. The first-order valence-electron chi connectivity index (χ1n) is 8.42. The lowest BCUT2D eigenvalue weighted by Crippen LogP contribution is -2.32. The number of furan rings is 1. The number of aromatic nitrogens is 2. The van der Waals surface area contributed by atoms with Crippen molar-refractivity contribution in [2.45, 2.75) is 13.1 Å². The van der Waals surface area contributed by atoms with Crippen molar-refractivity contribution in [1.82, 2.24) is 14.9 Å². The highest BCUT2D eigenvalue weighted by Gasteiger charge is 2.14. The Hall–Kier alpha value is -3.61. The second kappa shape index (κ2) is 6.95. The molecule has 0 spiro atoms. The van der Waals surface area contributed by atoms with Crippen molar-refractivity contribution in [3.8, 4) is 5.75 Å². The van der Waals surface area contributed by atoms with Crippen LogP contribution < -0.4 is 15.6 Å². The largest absolute Gasteiger partial charge is 0.497 e. The molecule has 27 heavy (non-hydrogen) atoms. The number of hydrogen-bond donors (Lipinski definition) is 1. The number of carbonyl (C=O) groups is 1. The molecule has 0 radical (unpaired) electrons. The zero-order chi connectivity index (χ0) is 18.8. The van der Waals surface area contributed by atoms with Crippen LogP contribution in [-0.4, -0.2) is 22.6 Å². The third-order valence-electron chi connectivity index (χ3n) is 4.31. The van der Waals surface area contributed by atoms with E-state index in [1.807, 2.05) is 42.5 Å². The smallest absolute Gasteiger partial charge is 0.297 e. The summed E-state index contributed by atoms with van der Waals surface area (Å²) in [6, 6.07) is 14.7. The molecule has 0 aliphatic carbocycles. The van der Waals surface area contributed by atoms with Crippen LogP contribution in [-0.2, 0) is 17.9 Å². The minimum Gasteiger partial charge on any atom is -0.497 e. The molecule has 1 N–H and O–H groups in total. The van der Waals surface area contributed by atoms with E-state index in [1.165, 1.54) is 10.9 Å². The molecule has 4 rings (SSSR count).